The van der Waals surface area contributed by atoms with Gasteiger partial charge < -0.3 is 38.3 Å². The predicted octanol–water partition coefficient (Wildman–Crippen LogP) is 5.95. The monoisotopic (exact) mass is 857 g/mol. The summed E-state index contributed by atoms with van der Waals surface area (Å²) in [4.78, 5) is 68.2. The van der Waals surface area contributed by atoms with Crippen molar-refractivity contribution < 1.29 is 62.2 Å². The Morgan fingerprint density at radius 3 is 1.90 bits per heavy atom. The smallest absolute Gasteiger partial charge is 0.417 e. The number of benzene rings is 3. The Balaban J connectivity index is 1.28. The van der Waals surface area contributed by atoms with E-state index in [0.29, 0.717) is 5.56 Å². The summed E-state index contributed by atoms with van der Waals surface area (Å²) in [6.45, 7) is 8.40. The number of aliphatic hydroxyl groups excluding tert-OH is 1. The molecule has 2 fully saturated rings. The predicted molar refractivity (Wildman–Crippen MR) is 226 cm³/mol. The van der Waals surface area contributed by atoms with Crippen LogP contribution in [0.3, 0.4) is 0 Å². The number of nitrogens with zero attached hydrogens (tertiary/aromatic N) is 1. The summed E-state index contributed by atoms with van der Waals surface area (Å²) in [5.41, 5.74) is 1.48. The van der Waals surface area contributed by atoms with Crippen molar-refractivity contribution in [2.75, 3.05) is 20.3 Å². The molecule has 14 nitrogen and oxygen atoms in total. The van der Waals surface area contributed by atoms with Gasteiger partial charge in [-0.25, -0.2) is 9.69 Å². The lowest BCUT2D eigenvalue weighted by atomic mass is 9.85. The Morgan fingerprint density at radius 2 is 1.37 bits per heavy atom. The summed E-state index contributed by atoms with van der Waals surface area (Å²) in [5.74, 6) is -4.30. The van der Waals surface area contributed by atoms with Gasteiger partial charge in [-0.2, -0.15) is 0 Å². The number of carbonyl (C=O) groups excluding carboxylic acids is 5. The maximum absolute atomic E-state index is 14.4. The molecule has 3 aromatic carbocycles. The molecule has 8 atom stereocenters. The van der Waals surface area contributed by atoms with Gasteiger partial charge in [0.25, 0.3) is 0 Å². The first-order chi connectivity index (χ1) is 29.7. The minimum absolute atomic E-state index is 0.0346. The maximum atomic E-state index is 14.4. The van der Waals surface area contributed by atoms with Gasteiger partial charge in [0.2, 0.25) is 5.91 Å². The molecule has 334 valence electrons. The number of esters is 1. The largest absolute Gasteiger partial charge is 0.453 e. The highest BCUT2D eigenvalue weighted by Crippen LogP contribution is 2.36. The Labute approximate surface area is 363 Å². The standard InChI is InChI=1S/C48H59NO13/c1-31(2)44-48(4,5)62-47(55)49(44)45(54)37(27-33-17-10-7-11-18-33)40(60-32(3)51)38(53)25-24-36(52)23-16-26-57-43-42(59-30-35-21-14-9-15-22-35)41(39(28-50)61-46(43)56-6)58-29-34-19-12-8-13-20-34/h7-15,17-22,24-25,31,37,39-44,46,50H,16,23,26-30H2,1-6H3/t37-,39-,40-,41-,42+,43+,44-,46+/m1/s1. The number of cyclic esters (lactones) is 1. The van der Waals surface area contributed by atoms with Gasteiger partial charge in [0.15, 0.2) is 24.0 Å². The van der Waals surface area contributed by atoms with Crippen LogP contribution in [0.4, 0.5) is 4.79 Å². The summed E-state index contributed by atoms with van der Waals surface area (Å²) in [6.07, 6.45) is -4.33. The van der Waals surface area contributed by atoms with E-state index in [1.807, 2.05) is 74.5 Å². The molecule has 0 saturated carbocycles. The number of rotatable bonds is 22. The van der Waals surface area contributed by atoms with E-state index in [-0.39, 0.29) is 51.6 Å². The Hall–Kier alpha value is -5.09. The fourth-order valence-corrected chi connectivity index (χ4v) is 8.11. The molecule has 62 heavy (non-hydrogen) atoms. The molecule has 5 rings (SSSR count). The fraction of sp³-hybridized carbons (Fsp3) is 0.479. The number of allylic oxidation sites excluding steroid dienone is 1. The number of aliphatic hydroxyl groups is 1. The molecule has 2 heterocycles. The van der Waals surface area contributed by atoms with Crippen LogP contribution in [0, 0.1) is 11.8 Å². The van der Waals surface area contributed by atoms with Crippen LogP contribution in [-0.4, -0.2) is 108 Å². The van der Waals surface area contributed by atoms with Crippen molar-refractivity contribution in [3.63, 3.8) is 0 Å². The lowest BCUT2D eigenvalue weighted by Gasteiger charge is -2.45. The summed E-state index contributed by atoms with van der Waals surface area (Å²) < 4.78 is 42.0. The lowest BCUT2D eigenvalue weighted by Crippen LogP contribution is -2.61. The number of ketones is 2. The fourth-order valence-electron chi connectivity index (χ4n) is 8.11. The van der Waals surface area contributed by atoms with Crippen molar-refractivity contribution in [1.29, 1.82) is 0 Å². The highest BCUT2D eigenvalue weighted by Gasteiger charge is 2.54. The lowest BCUT2D eigenvalue weighted by molar-refractivity contribution is -0.319. The van der Waals surface area contributed by atoms with Gasteiger partial charge in [-0.05, 0) is 61.4 Å². The van der Waals surface area contributed by atoms with Crippen molar-refractivity contribution >= 4 is 29.5 Å². The van der Waals surface area contributed by atoms with Crippen LogP contribution in [-0.2, 0) is 72.0 Å². The number of carbonyl (C=O) groups is 5. The third-order valence-electron chi connectivity index (χ3n) is 10.8. The van der Waals surface area contributed by atoms with Crippen LogP contribution in [0.1, 0.15) is 64.2 Å². The summed E-state index contributed by atoms with van der Waals surface area (Å²) in [7, 11) is 1.46. The zero-order chi connectivity index (χ0) is 44.8. The molecule has 2 aliphatic rings. The molecule has 0 spiro atoms. The summed E-state index contributed by atoms with van der Waals surface area (Å²) >= 11 is 0. The molecule has 1 N–H and O–H groups in total. The van der Waals surface area contributed by atoms with Crippen LogP contribution >= 0.6 is 0 Å². The van der Waals surface area contributed by atoms with Crippen LogP contribution < -0.4 is 0 Å². The van der Waals surface area contributed by atoms with Crippen LogP contribution in [0.15, 0.2) is 103 Å². The van der Waals surface area contributed by atoms with E-state index in [1.165, 1.54) is 7.11 Å². The van der Waals surface area contributed by atoms with Gasteiger partial charge in [-0.1, -0.05) is 105 Å². The van der Waals surface area contributed by atoms with Gasteiger partial charge in [0.1, 0.15) is 30.0 Å². The van der Waals surface area contributed by atoms with Gasteiger partial charge in [-0.15, -0.1) is 0 Å². The molecule has 3 aromatic rings. The first kappa shape index (κ1) is 48.0. The van der Waals surface area contributed by atoms with E-state index in [0.717, 1.165) is 35.1 Å². The average Bonchev–Trinajstić information content (AvgIpc) is 3.52. The maximum Gasteiger partial charge on any atom is 0.417 e. The number of ether oxygens (including phenoxy) is 7. The Morgan fingerprint density at radius 1 is 0.806 bits per heavy atom. The topological polar surface area (TPSA) is 173 Å². The van der Waals surface area contributed by atoms with Crippen LogP contribution in [0.25, 0.3) is 0 Å². The highest BCUT2D eigenvalue weighted by atomic mass is 16.7. The van der Waals surface area contributed by atoms with E-state index < -0.39 is 83.9 Å². The molecular weight excluding hydrogens is 799 g/mol. The minimum atomic E-state index is -1.65. The van der Waals surface area contributed by atoms with Crippen molar-refractivity contribution in [3.05, 3.63) is 120 Å². The molecule has 0 aliphatic carbocycles. The van der Waals surface area contributed by atoms with E-state index in [4.69, 9.17) is 33.2 Å². The second-order valence-corrected chi connectivity index (χ2v) is 16.3. The Kier molecular flexibility index (Phi) is 17.7. The van der Waals surface area contributed by atoms with Crippen LogP contribution in [0.5, 0.6) is 0 Å². The first-order valence-electron chi connectivity index (χ1n) is 21.0. The molecule has 2 aliphatic heterocycles. The number of hydrogen-bond acceptors (Lipinski definition) is 13. The van der Waals surface area contributed by atoms with Crippen molar-refractivity contribution in [3.8, 4) is 0 Å². The molecule has 2 saturated heterocycles. The van der Waals surface area contributed by atoms with Gasteiger partial charge >= 0.3 is 12.1 Å². The quantitative estimate of drug-likeness (QED) is 0.0714. The molecule has 2 amide bonds. The Bertz CT molecular complexity index is 1950. The normalized spacial score (nSPS) is 23.2. The summed E-state index contributed by atoms with van der Waals surface area (Å²) in [5, 5.41) is 10.3. The van der Waals surface area contributed by atoms with Crippen LogP contribution in [0.2, 0.25) is 0 Å². The van der Waals surface area contributed by atoms with E-state index in [1.54, 1.807) is 44.2 Å². The van der Waals surface area contributed by atoms with Gasteiger partial charge in [-0.3, -0.25) is 19.2 Å². The molecule has 0 aromatic heterocycles. The van der Waals surface area contributed by atoms with E-state index in [9.17, 15) is 29.1 Å². The van der Waals surface area contributed by atoms with E-state index in [2.05, 4.69) is 0 Å². The number of methoxy groups -OCH3 is 1. The zero-order valence-corrected chi connectivity index (χ0v) is 36.3. The highest BCUT2D eigenvalue weighted by molar-refractivity contribution is 6.05. The van der Waals surface area contributed by atoms with Crippen molar-refractivity contribution in [2.45, 2.75) is 116 Å². The molecular formula is C48H59NO13. The molecule has 0 unspecified atom stereocenters. The SMILES string of the molecule is CO[C@H]1O[C@H](CO)[C@@H](OCc2ccccc2)[C@H](OCc2ccccc2)[C@@H]1OCCCC(=O)C=CC(=O)[C@H](OC(C)=O)[C@@H](Cc1ccccc1)C(=O)N1C(=O)OC(C)(C)[C@H]1C(C)C. The van der Waals surface area contributed by atoms with Crippen molar-refractivity contribution in [1.82, 2.24) is 4.90 Å². The molecule has 14 heteroatoms. The second-order valence-electron chi connectivity index (χ2n) is 16.3. The molecule has 0 bridgehead atoms. The molecule has 0 radical (unpaired) electrons. The third-order valence-corrected chi connectivity index (χ3v) is 10.8. The average molecular weight is 858 g/mol. The number of hydrogen-bond donors (Lipinski definition) is 1. The number of amides is 2. The first-order valence-corrected chi connectivity index (χ1v) is 21.0. The van der Waals surface area contributed by atoms with Gasteiger partial charge in [0, 0.05) is 27.1 Å². The van der Waals surface area contributed by atoms with E-state index >= 15 is 0 Å². The number of imide groups is 1. The van der Waals surface area contributed by atoms with Gasteiger partial charge in [0.05, 0.1) is 31.8 Å². The third kappa shape index (κ3) is 12.7. The van der Waals surface area contributed by atoms with Crippen molar-refractivity contribution in [2.24, 2.45) is 11.8 Å². The second kappa shape index (κ2) is 22.8. The minimum Gasteiger partial charge on any atom is -0.453 e. The zero-order valence-electron chi connectivity index (χ0n) is 36.3. The summed E-state index contributed by atoms with van der Waals surface area (Å²) in [6, 6.07) is 27.3.